The summed E-state index contributed by atoms with van der Waals surface area (Å²) in [6.45, 7) is 1.28. The molecule has 0 radical (unpaired) electrons. The van der Waals surface area contributed by atoms with Gasteiger partial charge in [-0.15, -0.1) is 0 Å². The lowest BCUT2D eigenvalue weighted by atomic mass is 10.1. The predicted molar refractivity (Wildman–Crippen MR) is 78.5 cm³/mol. The molecule has 2 aromatic rings. The molecule has 0 aliphatic rings. The second kappa shape index (κ2) is 7.11. The molecule has 0 saturated carbocycles. The fourth-order valence-corrected chi connectivity index (χ4v) is 1.84. The Morgan fingerprint density at radius 2 is 1.81 bits per heavy atom. The highest BCUT2D eigenvalue weighted by Gasteiger charge is 2.11. The van der Waals surface area contributed by atoms with E-state index in [-0.39, 0.29) is 6.61 Å². The van der Waals surface area contributed by atoms with Crippen LogP contribution in [0, 0.1) is 11.3 Å². The van der Waals surface area contributed by atoms with Gasteiger partial charge in [-0.05, 0) is 18.6 Å². The molecule has 106 valence electrons. The predicted octanol–water partition coefficient (Wildman–Crippen LogP) is 3.19. The van der Waals surface area contributed by atoms with E-state index in [1.807, 2.05) is 54.6 Å². The van der Waals surface area contributed by atoms with Crippen LogP contribution in [-0.4, -0.2) is 18.7 Å². The van der Waals surface area contributed by atoms with Crippen LogP contribution in [0.3, 0.4) is 0 Å². The fourth-order valence-electron chi connectivity index (χ4n) is 1.84. The van der Waals surface area contributed by atoms with Crippen molar-refractivity contribution >= 4 is 5.97 Å². The first-order valence-corrected chi connectivity index (χ1v) is 6.57. The van der Waals surface area contributed by atoms with Crippen molar-refractivity contribution in [3.8, 4) is 22.9 Å². The van der Waals surface area contributed by atoms with Gasteiger partial charge in [0.2, 0.25) is 0 Å². The van der Waals surface area contributed by atoms with Crippen LogP contribution < -0.4 is 4.74 Å². The minimum atomic E-state index is -0.773. The number of hydrogen-bond donors (Lipinski definition) is 0. The smallest absolute Gasteiger partial charge is 0.345 e. The number of rotatable bonds is 5. The maximum absolute atomic E-state index is 11.5. The summed E-state index contributed by atoms with van der Waals surface area (Å²) in [7, 11) is 0. The van der Waals surface area contributed by atoms with Crippen LogP contribution in [0.4, 0.5) is 0 Å². The average molecular weight is 281 g/mol. The number of esters is 1. The van der Waals surface area contributed by atoms with Crippen LogP contribution in [0.15, 0.2) is 54.6 Å². The standard InChI is InChI=1S/C17H15NO3/c1-13(11-18)21-17(19)12-20-16-10-6-5-9-15(16)14-7-3-2-4-8-14/h2-10,13H,12H2,1H3/t13-/m0/s1. The van der Waals surface area contributed by atoms with Gasteiger partial charge in [0.05, 0.1) is 0 Å². The van der Waals surface area contributed by atoms with Gasteiger partial charge in [0.15, 0.2) is 12.7 Å². The molecule has 0 aliphatic carbocycles. The average Bonchev–Trinajstić information content (AvgIpc) is 2.54. The molecule has 0 heterocycles. The van der Waals surface area contributed by atoms with Gasteiger partial charge in [-0.2, -0.15) is 5.26 Å². The van der Waals surface area contributed by atoms with E-state index in [1.54, 1.807) is 6.07 Å². The van der Waals surface area contributed by atoms with Crippen LogP contribution in [0.5, 0.6) is 5.75 Å². The Balaban J connectivity index is 2.08. The number of carbonyl (C=O) groups is 1. The summed E-state index contributed by atoms with van der Waals surface area (Å²) in [5.41, 5.74) is 1.91. The fraction of sp³-hybridized carbons (Fsp3) is 0.176. The first-order valence-electron chi connectivity index (χ1n) is 6.57. The van der Waals surface area contributed by atoms with Crippen molar-refractivity contribution in [1.29, 1.82) is 5.26 Å². The first-order chi connectivity index (χ1) is 10.2. The van der Waals surface area contributed by atoms with Gasteiger partial charge >= 0.3 is 5.97 Å². The quantitative estimate of drug-likeness (QED) is 0.790. The minimum Gasteiger partial charge on any atom is -0.481 e. The van der Waals surface area contributed by atoms with E-state index in [1.165, 1.54) is 6.92 Å². The van der Waals surface area contributed by atoms with Gasteiger partial charge in [0.1, 0.15) is 11.8 Å². The van der Waals surface area contributed by atoms with Gasteiger partial charge < -0.3 is 9.47 Å². The highest BCUT2D eigenvalue weighted by Crippen LogP contribution is 2.29. The molecule has 0 bridgehead atoms. The number of benzene rings is 2. The molecule has 0 aromatic heterocycles. The lowest BCUT2D eigenvalue weighted by Crippen LogP contribution is -2.19. The Kier molecular flexibility index (Phi) is 4.94. The maximum Gasteiger partial charge on any atom is 0.345 e. The maximum atomic E-state index is 11.5. The van der Waals surface area contributed by atoms with E-state index >= 15 is 0 Å². The third-order valence-electron chi connectivity index (χ3n) is 2.81. The Labute approximate surface area is 123 Å². The molecule has 0 spiro atoms. The number of para-hydroxylation sites is 1. The summed E-state index contributed by atoms with van der Waals surface area (Å²) in [6.07, 6.45) is -0.773. The molecule has 2 rings (SSSR count). The van der Waals surface area contributed by atoms with Crippen LogP contribution in [0.2, 0.25) is 0 Å². The van der Waals surface area contributed by atoms with Crippen LogP contribution in [-0.2, 0) is 9.53 Å². The third kappa shape index (κ3) is 4.08. The highest BCUT2D eigenvalue weighted by molar-refractivity contribution is 5.73. The first kappa shape index (κ1) is 14.6. The third-order valence-corrected chi connectivity index (χ3v) is 2.81. The van der Waals surface area contributed by atoms with E-state index < -0.39 is 12.1 Å². The SMILES string of the molecule is C[C@@H](C#N)OC(=O)COc1ccccc1-c1ccccc1. The van der Waals surface area contributed by atoms with Crippen molar-refractivity contribution < 1.29 is 14.3 Å². The molecule has 0 saturated heterocycles. The number of hydrogen-bond acceptors (Lipinski definition) is 4. The number of nitriles is 1. The van der Waals surface area contributed by atoms with Crippen molar-refractivity contribution in [3.05, 3.63) is 54.6 Å². The van der Waals surface area contributed by atoms with E-state index in [4.69, 9.17) is 14.7 Å². The summed E-state index contributed by atoms with van der Waals surface area (Å²) in [4.78, 5) is 11.5. The van der Waals surface area contributed by atoms with Crippen molar-refractivity contribution in [3.63, 3.8) is 0 Å². The molecular formula is C17H15NO3. The molecule has 2 aromatic carbocycles. The van der Waals surface area contributed by atoms with E-state index in [9.17, 15) is 4.79 Å². The summed E-state index contributed by atoms with van der Waals surface area (Å²) >= 11 is 0. The van der Waals surface area contributed by atoms with Gasteiger partial charge in [-0.25, -0.2) is 4.79 Å². The minimum absolute atomic E-state index is 0.226. The summed E-state index contributed by atoms with van der Waals surface area (Å²) in [5.74, 6) is 0.0391. The van der Waals surface area contributed by atoms with E-state index in [0.717, 1.165) is 11.1 Å². The topological polar surface area (TPSA) is 59.3 Å². The summed E-state index contributed by atoms with van der Waals surface area (Å²) in [6, 6.07) is 19.1. The normalized spacial score (nSPS) is 11.2. The van der Waals surface area contributed by atoms with Crippen molar-refractivity contribution in [2.24, 2.45) is 0 Å². The second-order valence-corrected chi connectivity index (χ2v) is 4.41. The molecule has 0 aliphatic heterocycles. The summed E-state index contributed by atoms with van der Waals surface area (Å²) < 4.78 is 10.4. The lowest BCUT2D eigenvalue weighted by Gasteiger charge is -2.12. The van der Waals surface area contributed by atoms with Crippen LogP contribution >= 0.6 is 0 Å². The van der Waals surface area contributed by atoms with E-state index in [2.05, 4.69) is 0 Å². The molecule has 0 unspecified atom stereocenters. The number of carbonyl (C=O) groups excluding carboxylic acids is 1. The van der Waals surface area contributed by atoms with Gasteiger partial charge in [0, 0.05) is 5.56 Å². The second-order valence-electron chi connectivity index (χ2n) is 4.41. The Bertz CT molecular complexity index is 647. The van der Waals surface area contributed by atoms with Crippen LogP contribution in [0.25, 0.3) is 11.1 Å². The Hall–Kier alpha value is -2.80. The Morgan fingerprint density at radius 3 is 2.52 bits per heavy atom. The van der Waals surface area contributed by atoms with Crippen molar-refractivity contribution in [2.45, 2.75) is 13.0 Å². The van der Waals surface area contributed by atoms with Gasteiger partial charge in [-0.3, -0.25) is 0 Å². The van der Waals surface area contributed by atoms with Crippen molar-refractivity contribution in [1.82, 2.24) is 0 Å². The zero-order valence-electron chi connectivity index (χ0n) is 11.7. The molecule has 0 fully saturated rings. The molecule has 4 heteroatoms. The lowest BCUT2D eigenvalue weighted by molar-refractivity contribution is -0.148. The zero-order valence-corrected chi connectivity index (χ0v) is 11.7. The number of nitrogens with zero attached hydrogens (tertiary/aromatic N) is 1. The zero-order chi connectivity index (χ0) is 15.1. The molecule has 4 nitrogen and oxygen atoms in total. The molecular weight excluding hydrogens is 266 g/mol. The van der Waals surface area contributed by atoms with Gasteiger partial charge in [0.25, 0.3) is 0 Å². The summed E-state index contributed by atoms with van der Waals surface area (Å²) in [5, 5.41) is 8.59. The molecule has 21 heavy (non-hydrogen) atoms. The van der Waals surface area contributed by atoms with Crippen molar-refractivity contribution in [2.75, 3.05) is 6.61 Å². The molecule has 1 atom stereocenters. The van der Waals surface area contributed by atoms with E-state index in [0.29, 0.717) is 5.75 Å². The highest BCUT2D eigenvalue weighted by atomic mass is 16.6. The van der Waals surface area contributed by atoms with Gasteiger partial charge in [-0.1, -0.05) is 48.5 Å². The number of ether oxygens (including phenoxy) is 2. The Morgan fingerprint density at radius 1 is 1.14 bits per heavy atom. The monoisotopic (exact) mass is 281 g/mol. The van der Waals surface area contributed by atoms with Crippen LogP contribution in [0.1, 0.15) is 6.92 Å². The molecule has 0 N–H and O–H groups in total. The largest absolute Gasteiger partial charge is 0.481 e. The molecule has 0 amide bonds.